The maximum absolute atomic E-state index is 11.3. The highest BCUT2D eigenvalue weighted by molar-refractivity contribution is 5.74. The van der Waals surface area contributed by atoms with Gasteiger partial charge in [0.2, 0.25) is 5.91 Å². The lowest BCUT2D eigenvalue weighted by Gasteiger charge is -2.31. The van der Waals surface area contributed by atoms with Crippen molar-refractivity contribution in [2.24, 2.45) is 0 Å². The molecule has 0 radical (unpaired) electrons. The third-order valence-corrected chi connectivity index (χ3v) is 3.35. The zero-order chi connectivity index (χ0) is 10.7. The highest BCUT2D eigenvalue weighted by Gasteiger charge is 2.21. The Hall–Kier alpha value is -0.830. The molecule has 15 heavy (non-hydrogen) atoms. The highest BCUT2D eigenvalue weighted by Crippen LogP contribution is 2.23. The van der Waals surface area contributed by atoms with Gasteiger partial charge in [-0.2, -0.15) is 0 Å². The number of carbonyl (C=O) groups excluding carboxylic acids is 1. The first kappa shape index (κ1) is 10.7. The topological polar surface area (TPSA) is 32.3 Å². The van der Waals surface area contributed by atoms with Crippen molar-refractivity contribution in [1.82, 2.24) is 10.2 Å². The molecule has 2 rings (SSSR count). The molecule has 1 saturated heterocycles. The molecule has 84 valence electrons. The Morgan fingerprint density at radius 1 is 1.47 bits per heavy atom. The first-order valence-corrected chi connectivity index (χ1v) is 5.98. The van der Waals surface area contributed by atoms with Crippen molar-refractivity contribution in [2.45, 2.75) is 45.1 Å². The van der Waals surface area contributed by atoms with Crippen LogP contribution in [0.1, 0.15) is 39.0 Å². The Balaban J connectivity index is 2.03. The van der Waals surface area contributed by atoms with Crippen LogP contribution in [-0.2, 0) is 4.79 Å². The summed E-state index contributed by atoms with van der Waals surface area (Å²) in [4.78, 5) is 13.1. The molecule has 3 nitrogen and oxygen atoms in total. The number of piperidine rings is 1. The van der Waals surface area contributed by atoms with Gasteiger partial charge >= 0.3 is 0 Å². The second kappa shape index (κ2) is 4.79. The molecule has 0 unspecified atom stereocenters. The fraction of sp³-hybridized carbons (Fsp3) is 0.750. The molecule has 3 heteroatoms. The summed E-state index contributed by atoms with van der Waals surface area (Å²) >= 11 is 0. The SMILES string of the molecule is CC(=O)N1C=C([C@@H]2CCCCN2)CCC1. The van der Waals surface area contributed by atoms with E-state index in [-0.39, 0.29) is 5.91 Å². The standard InChI is InChI=1S/C12H20N2O/c1-10(15)14-8-4-5-11(9-14)12-6-2-3-7-13-12/h9,12-13H,2-8H2,1H3/t12-/m0/s1. The van der Waals surface area contributed by atoms with E-state index in [9.17, 15) is 4.79 Å². The molecule has 0 bridgehead atoms. The van der Waals surface area contributed by atoms with Gasteiger partial charge in [0.1, 0.15) is 0 Å². The third-order valence-electron chi connectivity index (χ3n) is 3.35. The largest absolute Gasteiger partial charge is 0.319 e. The van der Waals surface area contributed by atoms with Crippen LogP contribution in [0, 0.1) is 0 Å². The van der Waals surface area contributed by atoms with Gasteiger partial charge in [-0.3, -0.25) is 4.79 Å². The predicted molar refractivity (Wildman–Crippen MR) is 60.3 cm³/mol. The van der Waals surface area contributed by atoms with Gasteiger partial charge in [-0.25, -0.2) is 0 Å². The van der Waals surface area contributed by atoms with Crippen LogP contribution in [0.4, 0.5) is 0 Å². The molecule has 0 aromatic heterocycles. The summed E-state index contributed by atoms with van der Waals surface area (Å²) in [6.07, 6.45) is 8.19. The van der Waals surface area contributed by atoms with Gasteiger partial charge in [-0.1, -0.05) is 6.42 Å². The molecule has 0 saturated carbocycles. The molecule has 2 heterocycles. The van der Waals surface area contributed by atoms with Gasteiger partial charge in [-0.05, 0) is 37.8 Å². The average molecular weight is 208 g/mol. The van der Waals surface area contributed by atoms with Crippen molar-refractivity contribution in [3.05, 3.63) is 11.8 Å². The third kappa shape index (κ3) is 2.59. The highest BCUT2D eigenvalue weighted by atomic mass is 16.2. The fourth-order valence-corrected chi connectivity index (χ4v) is 2.46. The van der Waals surface area contributed by atoms with Crippen LogP contribution in [-0.4, -0.2) is 29.9 Å². The van der Waals surface area contributed by atoms with Gasteiger partial charge in [0, 0.05) is 25.7 Å². The van der Waals surface area contributed by atoms with E-state index >= 15 is 0 Å². The molecule has 2 aliphatic rings. The minimum Gasteiger partial charge on any atom is -0.319 e. The molecule has 1 N–H and O–H groups in total. The van der Waals surface area contributed by atoms with E-state index < -0.39 is 0 Å². The van der Waals surface area contributed by atoms with Crippen LogP contribution >= 0.6 is 0 Å². The lowest BCUT2D eigenvalue weighted by atomic mass is 9.93. The minimum atomic E-state index is 0.169. The Kier molecular flexibility index (Phi) is 3.41. The molecule has 0 aromatic carbocycles. The van der Waals surface area contributed by atoms with Crippen LogP contribution in [0.3, 0.4) is 0 Å². The average Bonchev–Trinajstić information content (AvgIpc) is 2.30. The van der Waals surface area contributed by atoms with Crippen LogP contribution in [0.25, 0.3) is 0 Å². The summed E-state index contributed by atoms with van der Waals surface area (Å²) in [7, 11) is 0. The van der Waals surface area contributed by atoms with Crippen LogP contribution in [0.15, 0.2) is 11.8 Å². The Morgan fingerprint density at radius 2 is 2.33 bits per heavy atom. The Bertz CT molecular complexity index is 267. The monoisotopic (exact) mass is 208 g/mol. The van der Waals surface area contributed by atoms with E-state index in [2.05, 4.69) is 11.5 Å². The minimum absolute atomic E-state index is 0.169. The molecule has 0 spiro atoms. The van der Waals surface area contributed by atoms with E-state index in [1.54, 1.807) is 6.92 Å². The van der Waals surface area contributed by atoms with Crippen LogP contribution in [0.5, 0.6) is 0 Å². The number of nitrogens with one attached hydrogen (secondary N) is 1. The summed E-state index contributed by atoms with van der Waals surface area (Å²) in [6, 6.07) is 0.529. The van der Waals surface area contributed by atoms with E-state index in [0.717, 1.165) is 25.9 Å². The summed E-state index contributed by atoms with van der Waals surface area (Å²) in [5.41, 5.74) is 1.43. The maximum Gasteiger partial charge on any atom is 0.223 e. The molecular formula is C12H20N2O. The summed E-state index contributed by atoms with van der Waals surface area (Å²) in [6.45, 7) is 3.67. The van der Waals surface area contributed by atoms with Crippen LogP contribution < -0.4 is 5.32 Å². The second-order valence-electron chi connectivity index (χ2n) is 4.52. The van der Waals surface area contributed by atoms with Crippen molar-refractivity contribution in [1.29, 1.82) is 0 Å². The van der Waals surface area contributed by atoms with Crippen molar-refractivity contribution >= 4 is 5.91 Å². The van der Waals surface area contributed by atoms with Crippen molar-refractivity contribution in [2.75, 3.05) is 13.1 Å². The number of hydrogen-bond donors (Lipinski definition) is 1. The molecule has 1 amide bonds. The molecule has 0 aliphatic carbocycles. The molecule has 1 fully saturated rings. The van der Waals surface area contributed by atoms with E-state index in [0.29, 0.717) is 6.04 Å². The molecule has 0 aromatic rings. The van der Waals surface area contributed by atoms with E-state index in [4.69, 9.17) is 0 Å². The van der Waals surface area contributed by atoms with Crippen molar-refractivity contribution in [3.8, 4) is 0 Å². The molecular weight excluding hydrogens is 188 g/mol. The summed E-state index contributed by atoms with van der Waals surface area (Å²) in [5.74, 6) is 0.169. The zero-order valence-electron chi connectivity index (χ0n) is 9.46. The first-order valence-electron chi connectivity index (χ1n) is 5.98. The number of hydrogen-bond acceptors (Lipinski definition) is 2. The van der Waals surface area contributed by atoms with Crippen molar-refractivity contribution < 1.29 is 4.79 Å². The van der Waals surface area contributed by atoms with Gasteiger partial charge in [0.25, 0.3) is 0 Å². The lowest BCUT2D eigenvalue weighted by Crippen LogP contribution is -2.38. The Morgan fingerprint density at radius 3 is 3.00 bits per heavy atom. The summed E-state index contributed by atoms with van der Waals surface area (Å²) < 4.78 is 0. The van der Waals surface area contributed by atoms with E-state index in [1.807, 2.05) is 4.90 Å². The van der Waals surface area contributed by atoms with Crippen molar-refractivity contribution in [3.63, 3.8) is 0 Å². The van der Waals surface area contributed by atoms with Gasteiger partial charge < -0.3 is 10.2 Å². The second-order valence-corrected chi connectivity index (χ2v) is 4.52. The van der Waals surface area contributed by atoms with Gasteiger partial charge in [-0.15, -0.1) is 0 Å². The first-order chi connectivity index (χ1) is 7.27. The fourth-order valence-electron chi connectivity index (χ4n) is 2.46. The van der Waals surface area contributed by atoms with Gasteiger partial charge in [0.15, 0.2) is 0 Å². The van der Waals surface area contributed by atoms with Gasteiger partial charge in [0.05, 0.1) is 0 Å². The predicted octanol–water partition coefficient (Wildman–Crippen LogP) is 1.65. The zero-order valence-corrected chi connectivity index (χ0v) is 9.46. The Labute approximate surface area is 91.5 Å². The number of carbonyl (C=O) groups is 1. The normalized spacial score (nSPS) is 27.4. The van der Waals surface area contributed by atoms with E-state index in [1.165, 1.54) is 24.8 Å². The number of nitrogens with zero attached hydrogens (tertiary/aromatic N) is 1. The number of rotatable bonds is 1. The van der Waals surface area contributed by atoms with Crippen LogP contribution in [0.2, 0.25) is 0 Å². The quantitative estimate of drug-likeness (QED) is 0.710. The summed E-state index contributed by atoms with van der Waals surface area (Å²) in [5, 5.41) is 3.54. The maximum atomic E-state index is 11.3. The molecule has 1 atom stereocenters. The smallest absolute Gasteiger partial charge is 0.223 e. The lowest BCUT2D eigenvalue weighted by molar-refractivity contribution is -0.126. The molecule has 2 aliphatic heterocycles. The number of amides is 1.